The maximum atomic E-state index is 11.1. The minimum Gasteiger partial charge on any atom is -0.480 e. The molecule has 3 heteroatoms. The molecule has 2 atom stereocenters. The summed E-state index contributed by atoms with van der Waals surface area (Å²) in [6.07, 6.45) is 0. The van der Waals surface area contributed by atoms with Crippen molar-refractivity contribution in [2.75, 3.05) is 7.05 Å². The molecular weight excluding hydrogens is 238 g/mol. The number of carbonyl (C=O) groups is 1. The van der Waals surface area contributed by atoms with Crippen LogP contribution in [-0.2, 0) is 4.79 Å². The topological polar surface area (TPSA) is 40.5 Å². The first kappa shape index (κ1) is 13.6. The van der Waals surface area contributed by atoms with Crippen molar-refractivity contribution in [3.8, 4) is 0 Å². The van der Waals surface area contributed by atoms with Gasteiger partial charge in [-0.1, -0.05) is 42.5 Å². The largest absolute Gasteiger partial charge is 0.480 e. The predicted molar refractivity (Wildman–Crippen MR) is 77.2 cm³/mol. The number of hydrogen-bond donors (Lipinski definition) is 1. The van der Waals surface area contributed by atoms with Crippen LogP contribution in [0.25, 0.3) is 10.8 Å². The highest BCUT2D eigenvalue weighted by atomic mass is 16.4. The van der Waals surface area contributed by atoms with E-state index in [1.165, 1.54) is 10.8 Å². The first-order valence-corrected chi connectivity index (χ1v) is 6.44. The Bertz CT molecular complexity index is 589. The Kier molecular flexibility index (Phi) is 3.86. The molecule has 100 valence electrons. The zero-order valence-corrected chi connectivity index (χ0v) is 11.5. The van der Waals surface area contributed by atoms with E-state index >= 15 is 0 Å². The van der Waals surface area contributed by atoms with E-state index in [0.29, 0.717) is 0 Å². The van der Waals surface area contributed by atoms with Crippen LogP contribution in [0.5, 0.6) is 0 Å². The number of likely N-dealkylation sites (N-methyl/N-ethyl adjacent to an activating group) is 1. The summed E-state index contributed by atoms with van der Waals surface area (Å²) >= 11 is 0. The molecule has 0 saturated carbocycles. The Morgan fingerprint density at radius 2 is 1.74 bits per heavy atom. The summed E-state index contributed by atoms with van der Waals surface area (Å²) in [5.41, 5.74) is 1.16. The minimum atomic E-state index is -0.797. The third-order valence-electron chi connectivity index (χ3n) is 3.85. The molecule has 0 saturated heterocycles. The average Bonchev–Trinajstić information content (AvgIpc) is 2.44. The Morgan fingerprint density at radius 3 is 2.42 bits per heavy atom. The van der Waals surface area contributed by atoms with Gasteiger partial charge in [0.1, 0.15) is 6.04 Å². The van der Waals surface area contributed by atoms with E-state index in [4.69, 9.17) is 5.11 Å². The predicted octanol–water partition coefficient (Wildman–Crippen LogP) is 3.31. The number of aliphatic carboxylic acids is 1. The summed E-state index contributed by atoms with van der Waals surface area (Å²) in [6.45, 7) is 3.76. The average molecular weight is 257 g/mol. The molecule has 0 fully saturated rings. The summed E-state index contributed by atoms with van der Waals surface area (Å²) < 4.78 is 0. The van der Waals surface area contributed by atoms with Gasteiger partial charge in [-0.25, -0.2) is 0 Å². The van der Waals surface area contributed by atoms with Gasteiger partial charge >= 0.3 is 5.97 Å². The highest BCUT2D eigenvalue weighted by Crippen LogP contribution is 2.28. The smallest absolute Gasteiger partial charge is 0.320 e. The van der Waals surface area contributed by atoms with Crippen LogP contribution in [0, 0.1) is 0 Å². The molecule has 0 amide bonds. The van der Waals surface area contributed by atoms with Crippen molar-refractivity contribution in [1.82, 2.24) is 4.90 Å². The number of carboxylic acid groups (broad SMARTS) is 1. The maximum Gasteiger partial charge on any atom is 0.320 e. The molecular formula is C16H19NO2. The summed E-state index contributed by atoms with van der Waals surface area (Å²) in [5, 5.41) is 11.5. The van der Waals surface area contributed by atoms with Crippen molar-refractivity contribution < 1.29 is 9.90 Å². The molecule has 2 unspecified atom stereocenters. The highest BCUT2D eigenvalue weighted by molar-refractivity contribution is 5.86. The molecule has 0 radical (unpaired) electrons. The lowest BCUT2D eigenvalue weighted by molar-refractivity contribution is -0.142. The second-order valence-corrected chi connectivity index (χ2v) is 4.92. The molecule has 2 aromatic carbocycles. The van der Waals surface area contributed by atoms with Gasteiger partial charge in [0, 0.05) is 6.04 Å². The van der Waals surface area contributed by atoms with E-state index < -0.39 is 12.0 Å². The summed E-state index contributed by atoms with van der Waals surface area (Å²) in [6, 6.07) is 13.9. The Labute approximate surface area is 113 Å². The second kappa shape index (κ2) is 5.41. The number of fused-ring (bicyclic) bond motifs is 1. The van der Waals surface area contributed by atoms with Crippen LogP contribution in [0.1, 0.15) is 25.5 Å². The van der Waals surface area contributed by atoms with Crippen LogP contribution >= 0.6 is 0 Å². The van der Waals surface area contributed by atoms with Crippen LogP contribution in [0.4, 0.5) is 0 Å². The molecule has 0 aliphatic rings. The SMILES string of the molecule is CC(C(=O)O)N(C)C(C)c1cccc2ccccc12. The fraction of sp³-hybridized carbons (Fsp3) is 0.312. The lowest BCUT2D eigenvalue weighted by atomic mass is 9.98. The fourth-order valence-electron chi connectivity index (χ4n) is 2.34. The number of carboxylic acids is 1. The van der Waals surface area contributed by atoms with Gasteiger partial charge in [-0.15, -0.1) is 0 Å². The van der Waals surface area contributed by atoms with Gasteiger partial charge < -0.3 is 5.11 Å². The van der Waals surface area contributed by atoms with E-state index in [1.807, 2.05) is 37.1 Å². The zero-order valence-electron chi connectivity index (χ0n) is 11.5. The number of benzene rings is 2. The molecule has 0 bridgehead atoms. The molecule has 0 aromatic heterocycles. The van der Waals surface area contributed by atoms with Crippen molar-refractivity contribution in [2.24, 2.45) is 0 Å². The Balaban J connectivity index is 2.41. The number of rotatable bonds is 4. The molecule has 19 heavy (non-hydrogen) atoms. The fourth-order valence-corrected chi connectivity index (χ4v) is 2.34. The molecule has 0 heterocycles. The summed E-state index contributed by atoms with van der Waals surface area (Å²) in [5.74, 6) is -0.797. The molecule has 0 spiro atoms. The van der Waals surface area contributed by atoms with Crippen LogP contribution in [0.2, 0.25) is 0 Å². The van der Waals surface area contributed by atoms with Crippen LogP contribution in [0.15, 0.2) is 42.5 Å². The van der Waals surface area contributed by atoms with Crippen molar-refractivity contribution in [3.63, 3.8) is 0 Å². The number of hydrogen-bond acceptors (Lipinski definition) is 2. The molecule has 0 aliphatic heterocycles. The van der Waals surface area contributed by atoms with E-state index in [-0.39, 0.29) is 6.04 Å². The van der Waals surface area contributed by atoms with Crippen LogP contribution in [-0.4, -0.2) is 29.1 Å². The van der Waals surface area contributed by atoms with E-state index in [0.717, 1.165) is 5.56 Å². The first-order valence-electron chi connectivity index (χ1n) is 6.44. The summed E-state index contributed by atoms with van der Waals surface area (Å²) in [7, 11) is 1.85. The van der Waals surface area contributed by atoms with Gasteiger partial charge in [-0.2, -0.15) is 0 Å². The lowest BCUT2D eigenvalue weighted by Gasteiger charge is -2.29. The van der Waals surface area contributed by atoms with Crippen molar-refractivity contribution >= 4 is 16.7 Å². The van der Waals surface area contributed by atoms with Gasteiger partial charge in [-0.3, -0.25) is 9.69 Å². The van der Waals surface area contributed by atoms with Gasteiger partial charge in [0.05, 0.1) is 0 Å². The molecule has 2 rings (SSSR count). The first-order chi connectivity index (χ1) is 9.02. The van der Waals surface area contributed by atoms with Gasteiger partial charge in [-0.05, 0) is 37.2 Å². The normalized spacial score (nSPS) is 14.5. The quantitative estimate of drug-likeness (QED) is 0.913. The van der Waals surface area contributed by atoms with Crippen molar-refractivity contribution in [3.05, 3.63) is 48.0 Å². The van der Waals surface area contributed by atoms with Crippen LogP contribution in [0.3, 0.4) is 0 Å². The minimum absolute atomic E-state index is 0.0530. The van der Waals surface area contributed by atoms with Crippen molar-refractivity contribution in [1.29, 1.82) is 0 Å². The molecule has 1 N–H and O–H groups in total. The molecule has 2 aromatic rings. The van der Waals surface area contributed by atoms with Crippen LogP contribution < -0.4 is 0 Å². The third-order valence-corrected chi connectivity index (χ3v) is 3.85. The Hall–Kier alpha value is -1.87. The standard InChI is InChI=1S/C16H19NO2/c1-11(17(3)12(2)16(18)19)14-10-6-8-13-7-4-5-9-15(13)14/h4-12H,1-3H3,(H,18,19). The number of nitrogens with zero attached hydrogens (tertiary/aromatic N) is 1. The second-order valence-electron chi connectivity index (χ2n) is 4.92. The van der Waals surface area contributed by atoms with E-state index in [1.54, 1.807) is 6.92 Å². The third kappa shape index (κ3) is 2.61. The Morgan fingerprint density at radius 1 is 1.11 bits per heavy atom. The van der Waals surface area contributed by atoms with Gasteiger partial charge in [0.2, 0.25) is 0 Å². The molecule has 3 nitrogen and oxygen atoms in total. The van der Waals surface area contributed by atoms with E-state index in [2.05, 4.69) is 24.3 Å². The van der Waals surface area contributed by atoms with Gasteiger partial charge in [0.25, 0.3) is 0 Å². The highest BCUT2D eigenvalue weighted by Gasteiger charge is 2.23. The van der Waals surface area contributed by atoms with E-state index in [9.17, 15) is 4.79 Å². The monoisotopic (exact) mass is 257 g/mol. The lowest BCUT2D eigenvalue weighted by Crippen LogP contribution is -2.37. The maximum absolute atomic E-state index is 11.1. The van der Waals surface area contributed by atoms with Gasteiger partial charge in [0.15, 0.2) is 0 Å². The van der Waals surface area contributed by atoms with Crippen molar-refractivity contribution in [2.45, 2.75) is 25.9 Å². The summed E-state index contributed by atoms with van der Waals surface area (Å²) in [4.78, 5) is 13.0. The zero-order chi connectivity index (χ0) is 14.0. The molecule has 0 aliphatic carbocycles.